The maximum Gasteiger partial charge on any atom is 0.216 e. The summed E-state index contributed by atoms with van der Waals surface area (Å²) in [5, 5.41) is 12.1. The van der Waals surface area contributed by atoms with Gasteiger partial charge in [0.15, 0.2) is 5.82 Å². The molecule has 1 aromatic heterocycles. The van der Waals surface area contributed by atoms with Gasteiger partial charge in [-0.1, -0.05) is 66.2 Å². The van der Waals surface area contributed by atoms with Gasteiger partial charge in [-0.2, -0.15) is 14.9 Å². The van der Waals surface area contributed by atoms with E-state index in [-0.39, 0.29) is 0 Å². The molecule has 0 aliphatic heterocycles. The van der Waals surface area contributed by atoms with Crippen LogP contribution in [0.4, 0.5) is 0 Å². The Balaban J connectivity index is 1.55. The largest absolute Gasteiger partial charge is 0.489 e. The molecule has 1 N–H and O–H groups in total. The molecule has 3 aromatic carbocycles. The van der Waals surface area contributed by atoms with Gasteiger partial charge in [-0.25, -0.2) is 5.10 Å². The molecule has 0 aliphatic rings. The number of halogens is 1. The maximum absolute atomic E-state index is 6.29. The predicted octanol–water partition coefficient (Wildman–Crippen LogP) is 5.72. The van der Waals surface area contributed by atoms with Crippen LogP contribution >= 0.6 is 23.8 Å². The number of hydrogen-bond donors (Lipinski definition) is 1. The second-order valence-electron chi connectivity index (χ2n) is 6.24. The third-order valence-electron chi connectivity index (χ3n) is 4.19. The van der Waals surface area contributed by atoms with E-state index in [1.807, 2.05) is 72.8 Å². The molecule has 0 amide bonds. The van der Waals surface area contributed by atoms with Crippen molar-refractivity contribution in [1.29, 1.82) is 0 Å². The van der Waals surface area contributed by atoms with Crippen LogP contribution in [0.1, 0.15) is 11.1 Å². The molecule has 4 aromatic rings. The van der Waals surface area contributed by atoms with Gasteiger partial charge in [-0.05, 0) is 47.6 Å². The molecule has 0 unspecified atom stereocenters. The van der Waals surface area contributed by atoms with E-state index < -0.39 is 0 Å². The van der Waals surface area contributed by atoms with Crippen LogP contribution in [0.2, 0.25) is 5.02 Å². The highest BCUT2D eigenvalue weighted by Crippen LogP contribution is 2.26. The van der Waals surface area contributed by atoms with Crippen molar-refractivity contribution in [1.82, 2.24) is 14.9 Å². The fourth-order valence-corrected chi connectivity index (χ4v) is 3.17. The standard InChI is InChI=1S/C22H17ClN4OS/c23-20-12-5-4-11-19(20)21-25-26-22(29)27(21)24-14-17-9-6-10-18(13-17)28-15-16-7-2-1-3-8-16/h1-14H,15H2,(H,26,29)/b24-14+. The average molecular weight is 421 g/mol. The van der Waals surface area contributed by atoms with Crippen molar-refractivity contribution in [2.75, 3.05) is 0 Å². The van der Waals surface area contributed by atoms with E-state index in [0.29, 0.717) is 22.2 Å². The first-order valence-corrected chi connectivity index (χ1v) is 9.73. The van der Waals surface area contributed by atoms with E-state index in [0.717, 1.165) is 22.4 Å². The number of benzene rings is 3. The van der Waals surface area contributed by atoms with E-state index in [1.165, 1.54) is 0 Å². The van der Waals surface area contributed by atoms with Crippen LogP contribution in [0.25, 0.3) is 11.4 Å². The van der Waals surface area contributed by atoms with Crippen molar-refractivity contribution in [3.8, 4) is 17.1 Å². The highest BCUT2D eigenvalue weighted by atomic mass is 35.5. The first-order chi connectivity index (χ1) is 14.2. The summed E-state index contributed by atoms with van der Waals surface area (Å²) in [6.07, 6.45) is 1.71. The van der Waals surface area contributed by atoms with E-state index >= 15 is 0 Å². The van der Waals surface area contributed by atoms with E-state index in [2.05, 4.69) is 15.3 Å². The van der Waals surface area contributed by atoms with Gasteiger partial charge in [0, 0.05) is 5.56 Å². The molecule has 0 aliphatic carbocycles. The Labute approximate surface area is 178 Å². The van der Waals surface area contributed by atoms with Crippen molar-refractivity contribution in [3.63, 3.8) is 0 Å². The average Bonchev–Trinajstić information content (AvgIpc) is 3.12. The van der Waals surface area contributed by atoms with Crippen LogP contribution < -0.4 is 4.74 Å². The number of hydrogen-bond acceptors (Lipinski definition) is 4. The lowest BCUT2D eigenvalue weighted by Gasteiger charge is -2.07. The Morgan fingerprint density at radius 2 is 1.83 bits per heavy atom. The van der Waals surface area contributed by atoms with Crippen molar-refractivity contribution in [3.05, 3.63) is 99.8 Å². The molecule has 0 radical (unpaired) electrons. The van der Waals surface area contributed by atoms with Crippen LogP contribution in [0.15, 0.2) is 84.0 Å². The summed E-state index contributed by atoms with van der Waals surface area (Å²) in [5.41, 5.74) is 2.74. The van der Waals surface area contributed by atoms with Crippen LogP contribution in [-0.2, 0) is 6.61 Å². The van der Waals surface area contributed by atoms with Gasteiger partial charge in [-0.3, -0.25) is 0 Å². The van der Waals surface area contributed by atoms with Crippen molar-refractivity contribution in [2.45, 2.75) is 6.61 Å². The molecular weight excluding hydrogens is 404 g/mol. The van der Waals surface area contributed by atoms with Crippen LogP contribution in [-0.4, -0.2) is 21.1 Å². The summed E-state index contributed by atoms with van der Waals surface area (Å²) in [7, 11) is 0. The fourth-order valence-electron chi connectivity index (χ4n) is 2.77. The van der Waals surface area contributed by atoms with Crippen molar-refractivity contribution < 1.29 is 4.74 Å². The van der Waals surface area contributed by atoms with E-state index in [9.17, 15) is 0 Å². The Morgan fingerprint density at radius 1 is 1.03 bits per heavy atom. The lowest BCUT2D eigenvalue weighted by molar-refractivity contribution is 0.306. The van der Waals surface area contributed by atoms with Crippen LogP contribution in [0.3, 0.4) is 0 Å². The first-order valence-electron chi connectivity index (χ1n) is 8.94. The normalized spacial score (nSPS) is 11.1. The van der Waals surface area contributed by atoms with E-state index in [1.54, 1.807) is 17.0 Å². The number of H-pyrrole nitrogens is 1. The minimum atomic E-state index is 0.382. The molecule has 0 saturated heterocycles. The Hall–Kier alpha value is -3.22. The zero-order chi connectivity index (χ0) is 20.1. The number of nitrogens with zero attached hydrogens (tertiary/aromatic N) is 3. The molecule has 5 nitrogen and oxygen atoms in total. The quantitative estimate of drug-likeness (QED) is 0.320. The Kier molecular flexibility index (Phi) is 5.84. The number of nitrogens with one attached hydrogen (secondary N) is 1. The summed E-state index contributed by atoms with van der Waals surface area (Å²) >= 11 is 11.6. The zero-order valence-electron chi connectivity index (χ0n) is 15.3. The van der Waals surface area contributed by atoms with Gasteiger partial charge in [0.25, 0.3) is 0 Å². The van der Waals surface area contributed by atoms with Gasteiger partial charge < -0.3 is 4.74 Å². The Bertz CT molecular complexity index is 1200. The summed E-state index contributed by atoms with van der Waals surface area (Å²) in [6, 6.07) is 25.2. The minimum Gasteiger partial charge on any atom is -0.489 e. The molecule has 29 heavy (non-hydrogen) atoms. The molecule has 0 bridgehead atoms. The molecule has 0 fully saturated rings. The van der Waals surface area contributed by atoms with Gasteiger partial charge in [0.2, 0.25) is 4.77 Å². The van der Waals surface area contributed by atoms with Crippen molar-refractivity contribution in [2.24, 2.45) is 5.10 Å². The predicted molar refractivity (Wildman–Crippen MR) is 118 cm³/mol. The summed E-state index contributed by atoms with van der Waals surface area (Å²) in [4.78, 5) is 0. The van der Waals surface area contributed by atoms with E-state index in [4.69, 9.17) is 28.6 Å². The first kappa shape index (κ1) is 19.1. The van der Waals surface area contributed by atoms with Crippen LogP contribution in [0, 0.1) is 4.77 Å². The van der Waals surface area contributed by atoms with Crippen molar-refractivity contribution >= 4 is 30.0 Å². The molecule has 0 saturated carbocycles. The third kappa shape index (κ3) is 4.62. The highest BCUT2D eigenvalue weighted by Gasteiger charge is 2.11. The lowest BCUT2D eigenvalue weighted by Crippen LogP contribution is -1.97. The number of aromatic nitrogens is 3. The fraction of sp³-hybridized carbons (Fsp3) is 0.0455. The SMILES string of the molecule is S=c1[nH]nc(-c2ccccc2Cl)n1/N=C/c1cccc(OCc2ccccc2)c1. The monoisotopic (exact) mass is 420 g/mol. The number of aromatic amines is 1. The summed E-state index contributed by atoms with van der Waals surface area (Å²) in [5.74, 6) is 1.31. The van der Waals surface area contributed by atoms with Gasteiger partial charge in [0.05, 0.1) is 11.2 Å². The van der Waals surface area contributed by atoms with Crippen LogP contribution in [0.5, 0.6) is 5.75 Å². The summed E-state index contributed by atoms with van der Waals surface area (Å²) in [6.45, 7) is 0.505. The zero-order valence-corrected chi connectivity index (χ0v) is 16.9. The second kappa shape index (κ2) is 8.86. The third-order valence-corrected chi connectivity index (χ3v) is 4.79. The topological polar surface area (TPSA) is 55.2 Å². The molecule has 144 valence electrons. The number of ether oxygens (including phenoxy) is 1. The van der Waals surface area contributed by atoms with Gasteiger partial charge in [-0.15, -0.1) is 0 Å². The lowest BCUT2D eigenvalue weighted by atomic mass is 10.2. The maximum atomic E-state index is 6.29. The highest BCUT2D eigenvalue weighted by molar-refractivity contribution is 7.71. The molecule has 0 atom stereocenters. The minimum absolute atomic E-state index is 0.382. The molecule has 0 spiro atoms. The van der Waals surface area contributed by atoms with Gasteiger partial charge in [0.1, 0.15) is 12.4 Å². The summed E-state index contributed by atoms with van der Waals surface area (Å²) < 4.78 is 7.81. The molecule has 7 heteroatoms. The molecule has 1 heterocycles. The molecule has 4 rings (SSSR count). The molecular formula is C22H17ClN4OS. The van der Waals surface area contributed by atoms with Gasteiger partial charge >= 0.3 is 0 Å². The number of rotatable bonds is 6. The smallest absolute Gasteiger partial charge is 0.216 e. The Morgan fingerprint density at radius 3 is 2.66 bits per heavy atom. The second-order valence-corrected chi connectivity index (χ2v) is 7.03.